The van der Waals surface area contributed by atoms with Crippen LogP contribution in [0.3, 0.4) is 0 Å². The van der Waals surface area contributed by atoms with Crippen molar-refractivity contribution in [1.82, 2.24) is 24.3 Å². The molecular weight excluding hydrogens is 350 g/mol. The number of pyridine rings is 1. The van der Waals surface area contributed by atoms with E-state index in [0.29, 0.717) is 17.4 Å². The second-order valence-corrected chi connectivity index (χ2v) is 6.24. The average Bonchev–Trinajstić information content (AvgIpc) is 3.27. The summed E-state index contributed by atoms with van der Waals surface area (Å²) in [5.74, 6) is 0.136. The first-order valence-electron chi connectivity index (χ1n) is 8.12. The van der Waals surface area contributed by atoms with Gasteiger partial charge in [0.2, 0.25) is 0 Å². The zero-order chi connectivity index (χ0) is 18.1. The molecule has 4 rings (SSSR count). The van der Waals surface area contributed by atoms with Gasteiger partial charge in [0.1, 0.15) is 5.65 Å². The lowest BCUT2D eigenvalue weighted by Crippen LogP contribution is -2.23. The van der Waals surface area contributed by atoms with Crippen LogP contribution in [0.4, 0.5) is 0 Å². The smallest absolute Gasteiger partial charge is 0.287 e. The molecule has 0 saturated carbocycles. The molecular formula is C19H16ClN5O. The lowest BCUT2D eigenvalue weighted by Gasteiger charge is -2.09. The van der Waals surface area contributed by atoms with Gasteiger partial charge in [-0.05, 0) is 24.3 Å². The molecule has 0 spiro atoms. The van der Waals surface area contributed by atoms with Gasteiger partial charge in [0, 0.05) is 36.2 Å². The largest absolute Gasteiger partial charge is 0.352 e. The quantitative estimate of drug-likeness (QED) is 0.603. The van der Waals surface area contributed by atoms with Crippen molar-refractivity contribution in [2.24, 2.45) is 0 Å². The van der Waals surface area contributed by atoms with E-state index in [2.05, 4.69) is 10.3 Å². The predicted octanol–water partition coefficient (Wildman–Crippen LogP) is 3.26. The number of nitrogens with zero attached hydrogens (tertiary/aromatic N) is 4. The van der Waals surface area contributed by atoms with Crippen LogP contribution in [-0.4, -0.2) is 31.9 Å². The Hall–Kier alpha value is -3.12. The molecule has 0 atom stereocenters. The first-order valence-corrected chi connectivity index (χ1v) is 8.50. The van der Waals surface area contributed by atoms with Crippen LogP contribution >= 0.6 is 11.6 Å². The van der Waals surface area contributed by atoms with E-state index in [1.165, 1.54) is 0 Å². The van der Waals surface area contributed by atoms with Crippen LogP contribution < -0.4 is 5.32 Å². The fourth-order valence-corrected chi connectivity index (χ4v) is 3.08. The molecule has 0 fully saturated rings. The normalized spacial score (nSPS) is 11.0. The van der Waals surface area contributed by atoms with E-state index in [4.69, 9.17) is 16.6 Å². The van der Waals surface area contributed by atoms with Crippen LogP contribution in [-0.2, 0) is 6.54 Å². The summed E-state index contributed by atoms with van der Waals surface area (Å²) in [5, 5.41) is 3.29. The lowest BCUT2D eigenvalue weighted by molar-refractivity contribution is 0.0949. The minimum atomic E-state index is -0.225. The second kappa shape index (κ2) is 6.65. The van der Waals surface area contributed by atoms with Crippen LogP contribution in [0.15, 0.2) is 61.1 Å². The number of fused-ring (bicyclic) bond motifs is 1. The molecule has 0 aliphatic heterocycles. The molecule has 1 aromatic carbocycles. The van der Waals surface area contributed by atoms with E-state index in [1.54, 1.807) is 19.4 Å². The van der Waals surface area contributed by atoms with Crippen molar-refractivity contribution in [3.63, 3.8) is 0 Å². The molecule has 3 aromatic heterocycles. The third-order valence-electron chi connectivity index (χ3n) is 4.21. The summed E-state index contributed by atoms with van der Waals surface area (Å²) in [6.45, 7) is 0.464. The Bertz CT molecular complexity index is 1080. The Morgan fingerprint density at radius 1 is 1.15 bits per heavy atom. The van der Waals surface area contributed by atoms with Crippen molar-refractivity contribution in [2.45, 2.75) is 6.54 Å². The van der Waals surface area contributed by atoms with Crippen molar-refractivity contribution in [3.8, 4) is 11.3 Å². The number of halogens is 1. The van der Waals surface area contributed by atoms with Crippen LogP contribution in [0.5, 0.6) is 0 Å². The van der Waals surface area contributed by atoms with E-state index >= 15 is 0 Å². The van der Waals surface area contributed by atoms with Crippen molar-refractivity contribution >= 4 is 23.2 Å². The van der Waals surface area contributed by atoms with Gasteiger partial charge in [-0.25, -0.2) is 9.97 Å². The molecule has 4 aromatic rings. The van der Waals surface area contributed by atoms with Crippen molar-refractivity contribution in [1.29, 1.82) is 0 Å². The maximum atomic E-state index is 12.0. The topological polar surface area (TPSA) is 64.2 Å². The summed E-state index contributed by atoms with van der Waals surface area (Å²) < 4.78 is 3.84. The SMILES string of the molecule is CNC(=O)c1nccn1Cc1c(-c2ccc(Cl)cc2)nc2ccccn12. The van der Waals surface area contributed by atoms with Crippen LogP contribution in [0, 0.1) is 0 Å². The Morgan fingerprint density at radius 3 is 2.73 bits per heavy atom. The number of hydrogen-bond acceptors (Lipinski definition) is 3. The zero-order valence-corrected chi connectivity index (χ0v) is 14.8. The Labute approximate surface area is 155 Å². The molecule has 130 valence electrons. The highest BCUT2D eigenvalue weighted by molar-refractivity contribution is 6.30. The van der Waals surface area contributed by atoms with Gasteiger partial charge in [0.15, 0.2) is 5.82 Å². The zero-order valence-electron chi connectivity index (χ0n) is 14.1. The summed E-state index contributed by atoms with van der Waals surface area (Å²) in [7, 11) is 1.59. The van der Waals surface area contributed by atoms with Gasteiger partial charge in [-0.3, -0.25) is 4.79 Å². The van der Waals surface area contributed by atoms with Crippen LogP contribution in [0.25, 0.3) is 16.9 Å². The van der Waals surface area contributed by atoms with Crippen LogP contribution in [0.2, 0.25) is 5.02 Å². The van der Waals surface area contributed by atoms with E-state index in [0.717, 1.165) is 22.6 Å². The second-order valence-electron chi connectivity index (χ2n) is 5.80. The highest BCUT2D eigenvalue weighted by Crippen LogP contribution is 2.26. The molecule has 7 heteroatoms. The minimum absolute atomic E-state index is 0.225. The van der Waals surface area contributed by atoms with Crippen LogP contribution in [0.1, 0.15) is 16.3 Å². The molecule has 0 unspecified atom stereocenters. The highest BCUT2D eigenvalue weighted by atomic mass is 35.5. The molecule has 0 aliphatic carbocycles. The van der Waals surface area contributed by atoms with Gasteiger partial charge in [0.25, 0.3) is 5.91 Å². The maximum Gasteiger partial charge on any atom is 0.287 e. The molecule has 6 nitrogen and oxygen atoms in total. The van der Waals surface area contributed by atoms with E-state index in [-0.39, 0.29) is 5.91 Å². The van der Waals surface area contributed by atoms with Crippen molar-refractivity contribution < 1.29 is 4.79 Å². The van der Waals surface area contributed by atoms with Gasteiger partial charge < -0.3 is 14.3 Å². The van der Waals surface area contributed by atoms with Crippen molar-refractivity contribution in [3.05, 3.63) is 77.6 Å². The first kappa shape index (κ1) is 16.4. The summed E-state index contributed by atoms with van der Waals surface area (Å²) in [5.41, 5.74) is 3.62. The number of carbonyl (C=O) groups excluding carboxylic acids is 1. The molecule has 1 N–H and O–H groups in total. The van der Waals surface area contributed by atoms with Crippen molar-refractivity contribution in [2.75, 3.05) is 7.05 Å². The third kappa shape index (κ3) is 2.84. The summed E-state index contributed by atoms with van der Waals surface area (Å²) >= 11 is 6.02. The fourth-order valence-electron chi connectivity index (χ4n) is 2.96. The molecule has 0 bridgehead atoms. The van der Waals surface area contributed by atoms with Gasteiger partial charge >= 0.3 is 0 Å². The number of rotatable bonds is 4. The Morgan fingerprint density at radius 2 is 1.96 bits per heavy atom. The summed E-state index contributed by atoms with van der Waals surface area (Å²) in [6.07, 6.45) is 5.38. The summed E-state index contributed by atoms with van der Waals surface area (Å²) in [4.78, 5) is 21.0. The average molecular weight is 366 g/mol. The van der Waals surface area contributed by atoms with E-state index in [9.17, 15) is 4.79 Å². The predicted molar refractivity (Wildman–Crippen MR) is 100 cm³/mol. The van der Waals surface area contributed by atoms with Gasteiger partial charge in [0.05, 0.1) is 17.9 Å². The number of benzene rings is 1. The minimum Gasteiger partial charge on any atom is -0.352 e. The number of aromatic nitrogens is 4. The molecule has 3 heterocycles. The summed E-state index contributed by atoms with van der Waals surface area (Å²) in [6, 6.07) is 13.4. The molecule has 0 radical (unpaired) electrons. The molecule has 0 aliphatic rings. The number of carbonyl (C=O) groups is 1. The number of imidazole rings is 2. The van der Waals surface area contributed by atoms with Gasteiger partial charge in [-0.15, -0.1) is 0 Å². The fraction of sp³-hybridized carbons (Fsp3) is 0.105. The van der Waals surface area contributed by atoms with Gasteiger partial charge in [-0.2, -0.15) is 0 Å². The lowest BCUT2D eigenvalue weighted by atomic mass is 10.1. The highest BCUT2D eigenvalue weighted by Gasteiger charge is 2.17. The molecule has 0 saturated heterocycles. The maximum absolute atomic E-state index is 12.0. The molecule has 26 heavy (non-hydrogen) atoms. The molecule has 1 amide bonds. The number of nitrogens with one attached hydrogen (secondary N) is 1. The monoisotopic (exact) mass is 365 g/mol. The van der Waals surface area contributed by atoms with E-state index in [1.807, 2.05) is 57.6 Å². The Kier molecular flexibility index (Phi) is 4.18. The standard InChI is InChI=1S/C19H16ClN5O/c1-21-19(26)18-22-9-11-24(18)12-15-17(13-5-7-14(20)8-6-13)23-16-4-2-3-10-25(15)16/h2-11H,12H2,1H3,(H,21,26). The third-order valence-corrected chi connectivity index (χ3v) is 4.46. The number of amides is 1. The Balaban J connectivity index is 1.86. The number of hydrogen-bond donors (Lipinski definition) is 1. The first-order chi connectivity index (χ1) is 12.7. The van der Waals surface area contributed by atoms with E-state index < -0.39 is 0 Å². The van der Waals surface area contributed by atoms with Gasteiger partial charge in [-0.1, -0.05) is 29.8 Å².